The second-order valence-electron chi connectivity index (χ2n) is 4.89. The molecule has 0 aliphatic carbocycles. The molecule has 3 rings (SSSR count). The molecular weight excluding hydrogens is 256 g/mol. The maximum atomic E-state index is 12.1. The smallest absolute Gasteiger partial charge is 0.254 e. The van der Waals surface area contributed by atoms with Gasteiger partial charge in [-0.3, -0.25) is 9.59 Å². The summed E-state index contributed by atoms with van der Waals surface area (Å²) in [4.78, 5) is 26.8. The third-order valence-corrected chi connectivity index (χ3v) is 3.55. The van der Waals surface area contributed by atoms with Crippen molar-refractivity contribution in [3.8, 4) is 0 Å². The molecule has 0 unspecified atom stereocenters. The van der Waals surface area contributed by atoms with Gasteiger partial charge in [0.2, 0.25) is 0 Å². The van der Waals surface area contributed by atoms with E-state index in [0.29, 0.717) is 6.42 Å². The number of rotatable bonds is 2. The van der Waals surface area contributed by atoms with Gasteiger partial charge in [0.15, 0.2) is 5.78 Å². The Morgan fingerprint density at radius 2 is 2.05 bits per heavy atom. The quantitative estimate of drug-likeness (QED) is 0.470. The molecule has 2 N–H and O–H groups in total. The van der Waals surface area contributed by atoms with Crippen molar-refractivity contribution in [2.24, 2.45) is 0 Å². The zero-order valence-corrected chi connectivity index (χ0v) is 10.9. The Balaban J connectivity index is 1.91. The minimum absolute atomic E-state index is 0.241. The number of carbonyl (C=O) groups is 2. The summed E-state index contributed by atoms with van der Waals surface area (Å²) in [6.07, 6.45) is 2.21. The van der Waals surface area contributed by atoms with Crippen LogP contribution in [0, 0.1) is 0 Å². The van der Waals surface area contributed by atoms with Gasteiger partial charge >= 0.3 is 0 Å². The van der Waals surface area contributed by atoms with Crippen LogP contribution in [0.2, 0.25) is 0 Å². The van der Waals surface area contributed by atoms with Gasteiger partial charge in [0.05, 0.1) is 11.6 Å². The van der Waals surface area contributed by atoms with Crippen molar-refractivity contribution in [1.29, 1.82) is 0 Å². The number of nitrogens with one attached hydrogen (secondary N) is 2. The van der Waals surface area contributed by atoms with E-state index >= 15 is 0 Å². The molecule has 1 amide bonds. The van der Waals surface area contributed by atoms with E-state index in [1.165, 1.54) is 6.92 Å². The number of para-hydroxylation sites is 1. The highest BCUT2D eigenvalue weighted by Gasteiger charge is 2.35. The first kappa shape index (κ1) is 12.5. The van der Waals surface area contributed by atoms with Crippen LogP contribution >= 0.6 is 0 Å². The second-order valence-corrected chi connectivity index (χ2v) is 4.89. The summed E-state index contributed by atoms with van der Waals surface area (Å²) in [7, 11) is 0. The predicted molar refractivity (Wildman–Crippen MR) is 71.6 cm³/mol. The van der Waals surface area contributed by atoms with Crippen molar-refractivity contribution in [3.63, 3.8) is 0 Å². The van der Waals surface area contributed by atoms with E-state index in [-0.39, 0.29) is 5.57 Å². The van der Waals surface area contributed by atoms with Gasteiger partial charge in [-0.15, -0.1) is 5.76 Å². The third kappa shape index (κ3) is 1.87. The Bertz CT molecular complexity index is 738. The minimum Gasteiger partial charge on any atom is -0.875 e. The van der Waals surface area contributed by atoms with Gasteiger partial charge in [0.25, 0.3) is 5.91 Å². The highest BCUT2D eigenvalue weighted by Crippen LogP contribution is 2.22. The monoisotopic (exact) mass is 269 g/mol. The molecule has 2 heterocycles. The van der Waals surface area contributed by atoms with Crippen LogP contribution in [-0.2, 0) is 16.0 Å². The number of aromatic amines is 1. The summed E-state index contributed by atoms with van der Waals surface area (Å²) in [6.45, 7) is 1.24. The summed E-state index contributed by atoms with van der Waals surface area (Å²) in [5.41, 5.74) is 1.69. The van der Waals surface area contributed by atoms with E-state index in [9.17, 15) is 14.7 Å². The molecule has 0 spiro atoms. The molecule has 0 radical (unpaired) electrons. The Hall–Kier alpha value is -2.56. The van der Waals surface area contributed by atoms with Crippen LogP contribution in [0.25, 0.3) is 10.9 Å². The first-order chi connectivity index (χ1) is 9.58. The van der Waals surface area contributed by atoms with Crippen LogP contribution in [0.1, 0.15) is 12.5 Å². The van der Waals surface area contributed by atoms with Crippen LogP contribution < -0.4 is 10.4 Å². The first-order valence-electron chi connectivity index (χ1n) is 6.36. The normalized spacial score (nSPS) is 21.4. The summed E-state index contributed by atoms with van der Waals surface area (Å²) >= 11 is 0. The van der Waals surface area contributed by atoms with Gasteiger partial charge in [0, 0.05) is 23.5 Å². The molecular formula is C15H13N2O3-. The molecule has 0 saturated carbocycles. The molecule has 1 aromatic carbocycles. The van der Waals surface area contributed by atoms with Crippen molar-refractivity contribution in [3.05, 3.63) is 47.4 Å². The van der Waals surface area contributed by atoms with E-state index in [1.54, 1.807) is 0 Å². The molecule has 5 heteroatoms. The van der Waals surface area contributed by atoms with E-state index in [4.69, 9.17) is 0 Å². The van der Waals surface area contributed by atoms with Gasteiger partial charge in [0.1, 0.15) is 0 Å². The van der Waals surface area contributed by atoms with Crippen molar-refractivity contribution in [2.45, 2.75) is 19.4 Å². The Labute approximate surface area is 115 Å². The lowest BCUT2D eigenvalue weighted by atomic mass is 10.0. The number of amides is 1. The molecule has 102 valence electrons. The fourth-order valence-electron chi connectivity index (χ4n) is 2.58. The van der Waals surface area contributed by atoms with Gasteiger partial charge < -0.3 is 15.4 Å². The first-order valence-corrected chi connectivity index (χ1v) is 6.36. The van der Waals surface area contributed by atoms with Crippen molar-refractivity contribution in [2.75, 3.05) is 0 Å². The minimum atomic E-state index is -0.652. The number of H-pyrrole nitrogens is 1. The van der Waals surface area contributed by atoms with Crippen molar-refractivity contribution < 1.29 is 14.7 Å². The summed E-state index contributed by atoms with van der Waals surface area (Å²) in [6, 6.07) is 7.09. The van der Waals surface area contributed by atoms with Gasteiger partial charge in [-0.1, -0.05) is 25.1 Å². The van der Waals surface area contributed by atoms with Crippen molar-refractivity contribution in [1.82, 2.24) is 10.3 Å². The van der Waals surface area contributed by atoms with E-state index in [1.807, 2.05) is 30.5 Å². The summed E-state index contributed by atoms with van der Waals surface area (Å²) in [5, 5.41) is 14.9. The molecule has 0 bridgehead atoms. The largest absolute Gasteiger partial charge is 0.875 e. The highest BCUT2D eigenvalue weighted by atomic mass is 16.3. The van der Waals surface area contributed by atoms with E-state index in [0.717, 1.165) is 16.5 Å². The standard InChI is InChI=1S/C15H14N2O3/c1-8(18)13-14(19)12(17-15(13)20)6-9-7-16-11-5-3-2-4-10(9)11/h2-5,7,12,16,18H,6H2,1H3,(H,17,20)/p-1/b13-8-/t12-/m0/s1. The average Bonchev–Trinajstić information content (AvgIpc) is 2.93. The Kier molecular flexibility index (Phi) is 2.82. The molecule has 2 aromatic rings. The lowest BCUT2D eigenvalue weighted by Gasteiger charge is -2.08. The molecule has 1 atom stereocenters. The summed E-state index contributed by atoms with van der Waals surface area (Å²) in [5.74, 6) is -1.45. The summed E-state index contributed by atoms with van der Waals surface area (Å²) < 4.78 is 0. The molecule has 1 fully saturated rings. The lowest BCUT2D eigenvalue weighted by Crippen LogP contribution is -2.31. The van der Waals surface area contributed by atoms with E-state index < -0.39 is 23.5 Å². The maximum Gasteiger partial charge on any atom is 0.254 e. The average molecular weight is 269 g/mol. The van der Waals surface area contributed by atoms with Crippen LogP contribution in [0.3, 0.4) is 0 Å². The van der Waals surface area contributed by atoms with Gasteiger partial charge in [-0.25, -0.2) is 0 Å². The number of allylic oxidation sites excluding steroid dienone is 1. The number of hydrogen-bond donors (Lipinski definition) is 2. The number of fused-ring (bicyclic) bond motifs is 1. The zero-order valence-electron chi connectivity index (χ0n) is 10.9. The SMILES string of the molecule is C/C([O-])=C1/C(=O)N[C@@H](Cc2c[nH]c3ccccc23)C1=O. The molecule has 20 heavy (non-hydrogen) atoms. The molecule has 1 aliphatic heterocycles. The van der Waals surface area contributed by atoms with Crippen LogP contribution in [0.4, 0.5) is 0 Å². The van der Waals surface area contributed by atoms with Gasteiger partial charge in [-0.2, -0.15) is 0 Å². The number of ketones is 1. The third-order valence-electron chi connectivity index (χ3n) is 3.55. The number of benzene rings is 1. The molecule has 1 aliphatic rings. The Morgan fingerprint density at radius 3 is 2.75 bits per heavy atom. The number of carbonyl (C=O) groups excluding carboxylic acids is 2. The molecule has 5 nitrogen and oxygen atoms in total. The van der Waals surface area contributed by atoms with Gasteiger partial charge in [-0.05, 0) is 11.6 Å². The fourth-order valence-corrected chi connectivity index (χ4v) is 2.58. The maximum absolute atomic E-state index is 12.1. The van der Waals surface area contributed by atoms with Crippen LogP contribution in [0.15, 0.2) is 41.8 Å². The predicted octanol–water partition coefficient (Wildman–Crippen LogP) is 0.412. The number of hydrogen-bond acceptors (Lipinski definition) is 3. The zero-order chi connectivity index (χ0) is 14.3. The topological polar surface area (TPSA) is 85.0 Å². The lowest BCUT2D eigenvalue weighted by molar-refractivity contribution is -0.302. The van der Waals surface area contributed by atoms with E-state index in [2.05, 4.69) is 10.3 Å². The number of Topliss-reactive ketones (excluding diaryl/α,β-unsaturated/α-hetero) is 1. The van der Waals surface area contributed by atoms with Crippen LogP contribution in [-0.4, -0.2) is 22.7 Å². The molecule has 1 aromatic heterocycles. The molecule has 1 saturated heterocycles. The van der Waals surface area contributed by atoms with Crippen LogP contribution in [0.5, 0.6) is 0 Å². The van der Waals surface area contributed by atoms with Crippen molar-refractivity contribution >= 4 is 22.6 Å². The Morgan fingerprint density at radius 1 is 1.30 bits per heavy atom. The highest BCUT2D eigenvalue weighted by molar-refractivity contribution is 6.26. The second kappa shape index (κ2) is 4.52. The fraction of sp³-hybridized carbons (Fsp3) is 0.200. The number of aromatic nitrogens is 1.